The van der Waals surface area contributed by atoms with E-state index in [0.29, 0.717) is 27.6 Å². The summed E-state index contributed by atoms with van der Waals surface area (Å²) in [6, 6.07) is 1.48. The number of hydrogen-bond acceptors (Lipinski definition) is 3. The van der Waals surface area contributed by atoms with Gasteiger partial charge in [-0.3, -0.25) is 14.3 Å². The zero-order valence-electron chi connectivity index (χ0n) is 14.9. The van der Waals surface area contributed by atoms with E-state index >= 15 is 0 Å². The highest BCUT2D eigenvalue weighted by Gasteiger charge is 2.31. The number of nitrogens with zero attached hydrogens (tertiary/aromatic N) is 5. The van der Waals surface area contributed by atoms with Crippen LogP contribution in [0.1, 0.15) is 30.2 Å². The Balaban J connectivity index is 2.20. The Bertz CT molecular complexity index is 961. The zero-order chi connectivity index (χ0) is 19.2. The summed E-state index contributed by atoms with van der Waals surface area (Å²) in [5.74, 6) is -0.299. The first-order valence-electron chi connectivity index (χ1n) is 8.14. The number of aromatic nitrogens is 3. The third kappa shape index (κ3) is 3.23. The summed E-state index contributed by atoms with van der Waals surface area (Å²) in [5, 5.41) is 4.86. The second kappa shape index (κ2) is 7.00. The Hall–Kier alpha value is -1.93. The van der Waals surface area contributed by atoms with Crippen molar-refractivity contribution in [1.29, 1.82) is 0 Å². The highest BCUT2D eigenvalue weighted by atomic mass is 79.9. The van der Waals surface area contributed by atoms with Gasteiger partial charge in [-0.25, -0.2) is 0 Å². The third-order valence-electron chi connectivity index (χ3n) is 4.30. The molecule has 26 heavy (non-hydrogen) atoms. The number of rotatable bonds is 3. The van der Waals surface area contributed by atoms with E-state index in [1.54, 1.807) is 29.9 Å². The molecule has 3 rings (SSSR count). The Labute approximate surface area is 164 Å². The van der Waals surface area contributed by atoms with E-state index in [0.717, 1.165) is 0 Å². The van der Waals surface area contributed by atoms with Gasteiger partial charge in [0.25, 0.3) is 5.91 Å². The molecule has 9 heteroatoms. The van der Waals surface area contributed by atoms with Crippen LogP contribution in [0.5, 0.6) is 0 Å². The van der Waals surface area contributed by atoms with E-state index in [1.807, 2.05) is 4.57 Å². The molecule has 0 saturated carbocycles. The number of halogens is 2. The van der Waals surface area contributed by atoms with Crippen LogP contribution in [0, 0.1) is 5.92 Å². The molecule has 0 fully saturated rings. The van der Waals surface area contributed by atoms with Crippen LogP contribution in [0.3, 0.4) is 0 Å². The van der Waals surface area contributed by atoms with Crippen LogP contribution in [-0.2, 0) is 6.54 Å². The predicted molar refractivity (Wildman–Crippen MR) is 105 cm³/mol. The van der Waals surface area contributed by atoms with Gasteiger partial charge in [-0.05, 0) is 21.8 Å². The maximum absolute atomic E-state index is 12.6. The Morgan fingerprint density at radius 2 is 2.19 bits per heavy atom. The number of hydrogen-bond donors (Lipinski definition) is 0. The molecule has 1 amide bonds. The SMILES string of the molecule is CC(C)[C@@H]1Cn2nc(Br)c(Cl)c2-c2cc(=O)c(C(=O)N=CN(C)C)cn21. The van der Waals surface area contributed by atoms with Gasteiger partial charge in [0, 0.05) is 26.4 Å². The van der Waals surface area contributed by atoms with Gasteiger partial charge in [-0.1, -0.05) is 25.4 Å². The molecule has 1 aliphatic heterocycles. The molecule has 0 aliphatic carbocycles. The molecule has 0 bridgehead atoms. The fourth-order valence-electron chi connectivity index (χ4n) is 3.00. The summed E-state index contributed by atoms with van der Waals surface area (Å²) in [6.45, 7) is 4.77. The van der Waals surface area contributed by atoms with Gasteiger partial charge in [0.15, 0.2) is 5.43 Å². The van der Waals surface area contributed by atoms with E-state index in [2.05, 4.69) is 39.9 Å². The molecule has 0 spiro atoms. The molecule has 0 radical (unpaired) electrons. The van der Waals surface area contributed by atoms with Crippen LogP contribution in [0.15, 0.2) is 26.7 Å². The quantitative estimate of drug-likeness (QED) is 0.543. The molecule has 0 aromatic carbocycles. The number of fused-ring (bicyclic) bond motifs is 3. The minimum Gasteiger partial charge on any atom is -0.369 e. The van der Waals surface area contributed by atoms with Crippen molar-refractivity contribution in [2.45, 2.75) is 26.4 Å². The lowest BCUT2D eigenvalue weighted by molar-refractivity contribution is 0.1000. The van der Waals surface area contributed by atoms with Gasteiger partial charge in [0.05, 0.1) is 24.6 Å². The lowest BCUT2D eigenvalue weighted by Gasteiger charge is -2.32. The summed E-state index contributed by atoms with van der Waals surface area (Å²) >= 11 is 9.73. The Kier molecular flexibility index (Phi) is 5.07. The van der Waals surface area contributed by atoms with E-state index in [9.17, 15) is 9.59 Å². The molecule has 0 N–H and O–H groups in total. The molecule has 0 saturated heterocycles. The van der Waals surface area contributed by atoms with E-state index in [1.165, 1.54) is 12.4 Å². The molecule has 2 aromatic rings. The lowest BCUT2D eigenvalue weighted by atomic mass is 10.00. The summed E-state index contributed by atoms with van der Waals surface area (Å²) in [6.07, 6.45) is 2.98. The average Bonchev–Trinajstić information content (AvgIpc) is 2.85. The largest absolute Gasteiger partial charge is 0.369 e. The topological polar surface area (TPSA) is 72.5 Å². The second-order valence-electron chi connectivity index (χ2n) is 6.80. The molecular weight excluding hydrogens is 422 g/mol. The molecule has 138 valence electrons. The highest BCUT2D eigenvalue weighted by Crippen LogP contribution is 2.40. The van der Waals surface area contributed by atoms with E-state index in [-0.39, 0.29) is 23.0 Å². The van der Waals surface area contributed by atoms with Gasteiger partial charge in [-0.2, -0.15) is 10.1 Å². The summed E-state index contributed by atoms with van der Waals surface area (Å²) in [4.78, 5) is 30.4. The van der Waals surface area contributed by atoms with Crippen molar-refractivity contribution < 1.29 is 4.79 Å². The van der Waals surface area contributed by atoms with Crippen LogP contribution in [0.25, 0.3) is 11.4 Å². The van der Waals surface area contributed by atoms with Gasteiger partial charge in [-0.15, -0.1) is 0 Å². The predicted octanol–water partition coefficient (Wildman–Crippen LogP) is 3.07. The first kappa shape index (κ1) is 18.8. The summed E-state index contributed by atoms with van der Waals surface area (Å²) in [5.41, 5.74) is 0.974. The molecule has 3 heterocycles. The Morgan fingerprint density at radius 1 is 1.50 bits per heavy atom. The normalized spacial score (nSPS) is 16.0. The minimum absolute atomic E-state index is 0.0327. The number of amides is 1. The maximum atomic E-state index is 12.6. The molecule has 0 unspecified atom stereocenters. The molecule has 2 aromatic heterocycles. The van der Waals surface area contributed by atoms with Crippen molar-refractivity contribution in [1.82, 2.24) is 19.2 Å². The van der Waals surface area contributed by atoms with Crippen molar-refractivity contribution in [3.05, 3.63) is 37.7 Å². The summed E-state index contributed by atoms with van der Waals surface area (Å²) < 4.78 is 4.28. The number of aliphatic imine (C=N–C) groups is 1. The smallest absolute Gasteiger partial charge is 0.283 e. The fourth-order valence-corrected chi connectivity index (χ4v) is 3.61. The lowest BCUT2D eigenvalue weighted by Crippen LogP contribution is -2.31. The molecular formula is C17H19BrClN5O2. The number of pyridine rings is 1. The average molecular weight is 441 g/mol. The maximum Gasteiger partial charge on any atom is 0.283 e. The van der Waals surface area contributed by atoms with Crippen molar-refractivity contribution >= 4 is 39.8 Å². The standard InChI is InChI=1S/C17H19BrClN5O2/c1-9(2)12-7-24-15(14(19)16(18)21-24)11-5-13(25)10(6-23(11)12)17(26)20-8-22(3)4/h5-6,8-9,12H,7H2,1-4H3/t12-/m0/s1. The van der Waals surface area contributed by atoms with E-state index < -0.39 is 5.91 Å². The van der Waals surface area contributed by atoms with Crippen LogP contribution < -0.4 is 5.43 Å². The van der Waals surface area contributed by atoms with Crippen LogP contribution >= 0.6 is 27.5 Å². The number of carbonyl (C=O) groups excluding carboxylic acids is 1. The van der Waals surface area contributed by atoms with Crippen molar-refractivity contribution in [3.8, 4) is 11.4 Å². The van der Waals surface area contributed by atoms with Gasteiger partial charge in [0.1, 0.15) is 20.9 Å². The van der Waals surface area contributed by atoms with Crippen LogP contribution in [0.2, 0.25) is 5.02 Å². The van der Waals surface area contributed by atoms with Crippen molar-refractivity contribution in [2.24, 2.45) is 10.9 Å². The summed E-state index contributed by atoms with van der Waals surface area (Å²) in [7, 11) is 3.51. The number of carbonyl (C=O) groups is 1. The minimum atomic E-state index is -0.562. The Morgan fingerprint density at radius 3 is 2.81 bits per heavy atom. The van der Waals surface area contributed by atoms with Crippen LogP contribution in [-0.4, -0.2) is 45.6 Å². The van der Waals surface area contributed by atoms with Gasteiger partial charge in [0.2, 0.25) is 0 Å². The fraction of sp³-hybridized carbons (Fsp3) is 0.412. The van der Waals surface area contributed by atoms with E-state index in [4.69, 9.17) is 11.6 Å². The monoisotopic (exact) mass is 439 g/mol. The van der Waals surface area contributed by atoms with Gasteiger partial charge >= 0.3 is 0 Å². The van der Waals surface area contributed by atoms with Crippen molar-refractivity contribution in [2.75, 3.05) is 14.1 Å². The first-order chi connectivity index (χ1) is 12.2. The van der Waals surface area contributed by atoms with Gasteiger partial charge < -0.3 is 9.47 Å². The van der Waals surface area contributed by atoms with Crippen LogP contribution in [0.4, 0.5) is 0 Å². The zero-order valence-corrected chi connectivity index (χ0v) is 17.2. The van der Waals surface area contributed by atoms with Crippen molar-refractivity contribution in [3.63, 3.8) is 0 Å². The molecule has 1 atom stereocenters. The highest BCUT2D eigenvalue weighted by molar-refractivity contribution is 9.10. The second-order valence-corrected chi connectivity index (χ2v) is 7.93. The molecule has 1 aliphatic rings. The first-order valence-corrected chi connectivity index (χ1v) is 9.31. The third-order valence-corrected chi connectivity index (χ3v) is 5.44. The molecule has 7 nitrogen and oxygen atoms in total.